The third-order valence-electron chi connectivity index (χ3n) is 5.69. The van der Waals surface area contributed by atoms with Gasteiger partial charge in [0.05, 0.1) is 11.7 Å². The Hall–Kier alpha value is -2.58. The Balaban J connectivity index is 1.22. The molecule has 0 spiro atoms. The van der Waals surface area contributed by atoms with Crippen molar-refractivity contribution in [2.24, 2.45) is 0 Å². The van der Waals surface area contributed by atoms with Gasteiger partial charge >= 0.3 is 0 Å². The number of nitrogens with one attached hydrogen (secondary N) is 1. The highest BCUT2D eigenvalue weighted by atomic mass is 32.2. The first kappa shape index (κ1) is 22.6. The smallest absolute Gasteiger partial charge is 0.269 e. The molecule has 7 nitrogen and oxygen atoms in total. The number of fused-ring (bicyclic) bond motifs is 2. The van der Waals surface area contributed by atoms with E-state index < -0.39 is 15.9 Å². The zero-order chi connectivity index (χ0) is 22.7. The molecule has 0 aliphatic carbocycles. The minimum Gasteiger partial charge on any atom is -0.487 e. The molecule has 1 atom stereocenters. The van der Waals surface area contributed by atoms with Crippen LogP contribution in [0.1, 0.15) is 49.0 Å². The van der Waals surface area contributed by atoms with Gasteiger partial charge in [0.15, 0.2) is 11.5 Å². The van der Waals surface area contributed by atoms with Crippen molar-refractivity contribution in [2.75, 3.05) is 19.6 Å². The van der Waals surface area contributed by atoms with Crippen molar-refractivity contribution in [3.63, 3.8) is 0 Å². The number of amides is 1. The number of unbranched alkanes of at least 4 members (excludes halogenated alkanes) is 1. The van der Waals surface area contributed by atoms with Gasteiger partial charge in [0, 0.05) is 13.1 Å². The summed E-state index contributed by atoms with van der Waals surface area (Å²) in [4.78, 5) is 12.5. The molecular weight excluding hydrogens is 428 g/mol. The van der Waals surface area contributed by atoms with E-state index in [2.05, 4.69) is 11.4 Å². The van der Waals surface area contributed by atoms with E-state index in [-0.39, 0.29) is 29.2 Å². The van der Waals surface area contributed by atoms with Crippen molar-refractivity contribution in [3.8, 4) is 11.5 Å². The van der Waals surface area contributed by atoms with Gasteiger partial charge in [-0.2, -0.15) is 0 Å². The van der Waals surface area contributed by atoms with E-state index in [4.69, 9.17) is 9.47 Å². The Morgan fingerprint density at radius 2 is 1.97 bits per heavy atom. The quantitative estimate of drug-likeness (QED) is 0.580. The number of hydrogen-bond acceptors (Lipinski definition) is 6. The number of sulfonamides is 1. The first-order chi connectivity index (χ1) is 15.4. The minimum atomic E-state index is -3.72. The molecule has 172 valence electrons. The van der Waals surface area contributed by atoms with Gasteiger partial charge in [-0.05, 0) is 69.8 Å². The van der Waals surface area contributed by atoms with Gasteiger partial charge in [0.25, 0.3) is 15.9 Å². The SMILES string of the molecule is CC(C)Oc1cccc2c1O[C@@H](CNCCCCN1C(=O)c3ccccc3S1(=O)=O)CC2. The molecule has 0 fully saturated rings. The van der Waals surface area contributed by atoms with Gasteiger partial charge in [-0.3, -0.25) is 4.79 Å². The monoisotopic (exact) mass is 458 g/mol. The van der Waals surface area contributed by atoms with E-state index in [1.165, 1.54) is 11.6 Å². The predicted octanol–water partition coefficient (Wildman–Crippen LogP) is 3.38. The first-order valence-corrected chi connectivity index (χ1v) is 12.6. The van der Waals surface area contributed by atoms with Crippen LogP contribution in [0.5, 0.6) is 11.5 Å². The van der Waals surface area contributed by atoms with E-state index >= 15 is 0 Å². The van der Waals surface area contributed by atoms with Crippen molar-refractivity contribution in [1.82, 2.24) is 9.62 Å². The topological polar surface area (TPSA) is 84.9 Å². The minimum absolute atomic E-state index is 0.0643. The lowest BCUT2D eigenvalue weighted by Crippen LogP contribution is -2.35. The van der Waals surface area contributed by atoms with Gasteiger partial charge in [-0.25, -0.2) is 12.7 Å². The summed E-state index contributed by atoms with van der Waals surface area (Å²) >= 11 is 0. The highest BCUT2D eigenvalue weighted by Crippen LogP contribution is 2.37. The second kappa shape index (κ2) is 9.50. The normalized spacial score (nSPS) is 18.9. The number of carbonyl (C=O) groups is 1. The lowest BCUT2D eigenvalue weighted by Gasteiger charge is -2.28. The molecule has 0 unspecified atom stereocenters. The third kappa shape index (κ3) is 4.61. The van der Waals surface area contributed by atoms with Crippen LogP contribution in [-0.4, -0.2) is 50.5 Å². The molecule has 32 heavy (non-hydrogen) atoms. The van der Waals surface area contributed by atoms with Gasteiger partial charge in [0.2, 0.25) is 0 Å². The van der Waals surface area contributed by atoms with Crippen LogP contribution in [0.2, 0.25) is 0 Å². The summed E-state index contributed by atoms with van der Waals surface area (Å²) < 4.78 is 38.3. The molecule has 0 saturated heterocycles. The summed E-state index contributed by atoms with van der Waals surface area (Å²) in [5, 5.41) is 3.40. The molecule has 2 aliphatic rings. The number of hydrogen-bond donors (Lipinski definition) is 1. The number of aryl methyl sites for hydroxylation is 1. The van der Waals surface area contributed by atoms with Crippen LogP contribution in [0.15, 0.2) is 47.4 Å². The van der Waals surface area contributed by atoms with Gasteiger partial charge in [-0.15, -0.1) is 0 Å². The van der Waals surface area contributed by atoms with Crippen LogP contribution in [0, 0.1) is 0 Å². The molecule has 0 aromatic heterocycles. The lowest BCUT2D eigenvalue weighted by atomic mass is 10.0. The maximum absolute atomic E-state index is 12.6. The summed E-state index contributed by atoms with van der Waals surface area (Å²) in [6.07, 6.45) is 3.40. The number of nitrogens with zero attached hydrogens (tertiary/aromatic N) is 1. The van der Waals surface area contributed by atoms with Crippen molar-refractivity contribution < 1.29 is 22.7 Å². The summed E-state index contributed by atoms with van der Waals surface area (Å²) in [6, 6.07) is 12.4. The average molecular weight is 459 g/mol. The van der Waals surface area contributed by atoms with Gasteiger partial charge < -0.3 is 14.8 Å². The maximum Gasteiger partial charge on any atom is 0.269 e. The van der Waals surface area contributed by atoms with Crippen LogP contribution in [0.25, 0.3) is 0 Å². The molecule has 0 saturated carbocycles. The van der Waals surface area contributed by atoms with E-state index in [9.17, 15) is 13.2 Å². The molecule has 2 heterocycles. The summed E-state index contributed by atoms with van der Waals surface area (Å²) in [6.45, 7) is 5.64. The zero-order valence-corrected chi connectivity index (χ0v) is 19.4. The van der Waals surface area contributed by atoms with Crippen molar-refractivity contribution in [3.05, 3.63) is 53.6 Å². The van der Waals surface area contributed by atoms with E-state index in [0.29, 0.717) is 13.0 Å². The highest BCUT2D eigenvalue weighted by molar-refractivity contribution is 7.90. The van der Waals surface area contributed by atoms with Crippen LogP contribution in [-0.2, 0) is 16.4 Å². The second-order valence-corrected chi connectivity index (χ2v) is 10.3. The Morgan fingerprint density at radius 1 is 1.16 bits per heavy atom. The maximum atomic E-state index is 12.6. The van der Waals surface area contributed by atoms with Crippen LogP contribution in [0.4, 0.5) is 0 Å². The fourth-order valence-corrected chi connectivity index (χ4v) is 5.75. The Morgan fingerprint density at radius 3 is 2.75 bits per heavy atom. The molecule has 2 aromatic rings. The molecule has 8 heteroatoms. The molecule has 1 amide bonds. The predicted molar refractivity (Wildman–Crippen MR) is 122 cm³/mol. The molecule has 0 radical (unpaired) electrons. The zero-order valence-electron chi connectivity index (χ0n) is 18.5. The van der Waals surface area contributed by atoms with Crippen LogP contribution < -0.4 is 14.8 Å². The fourth-order valence-electron chi connectivity index (χ4n) is 4.15. The number of rotatable bonds is 9. The Labute approximate surface area is 189 Å². The van der Waals surface area contributed by atoms with E-state index in [0.717, 1.165) is 41.6 Å². The molecule has 2 aromatic carbocycles. The largest absolute Gasteiger partial charge is 0.487 e. The standard InChI is InChI=1S/C24H30N2O5S/c1-17(2)30-21-10-7-8-18-12-13-19(31-23(18)21)16-25-14-5-6-15-26-24(27)20-9-3-4-11-22(20)32(26,28)29/h3-4,7-11,17,19,25H,5-6,12-16H2,1-2H3/t19-/m1/s1. The molecule has 4 rings (SSSR count). The summed E-state index contributed by atoms with van der Waals surface area (Å²) in [7, 11) is -3.72. The molecule has 0 bridgehead atoms. The van der Waals surface area contributed by atoms with Crippen molar-refractivity contribution in [1.29, 1.82) is 0 Å². The number of carbonyl (C=O) groups excluding carboxylic acids is 1. The summed E-state index contributed by atoms with van der Waals surface area (Å²) in [5.74, 6) is 1.21. The van der Waals surface area contributed by atoms with Crippen LogP contribution in [0.3, 0.4) is 0 Å². The van der Waals surface area contributed by atoms with E-state index in [1.807, 2.05) is 26.0 Å². The third-order valence-corrected chi connectivity index (χ3v) is 7.53. The number of ether oxygens (including phenoxy) is 2. The Bertz CT molecular complexity index is 1080. The van der Waals surface area contributed by atoms with Crippen molar-refractivity contribution in [2.45, 2.75) is 56.6 Å². The van der Waals surface area contributed by atoms with Crippen LogP contribution >= 0.6 is 0 Å². The first-order valence-electron chi connectivity index (χ1n) is 11.2. The van der Waals surface area contributed by atoms with Gasteiger partial charge in [-0.1, -0.05) is 24.3 Å². The lowest BCUT2D eigenvalue weighted by molar-refractivity contribution is 0.0869. The molecular formula is C24H30N2O5S. The summed E-state index contributed by atoms with van der Waals surface area (Å²) in [5.41, 5.74) is 1.44. The average Bonchev–Trinajstić information content (AvgIpc) is 2.96. The van der Waals surface area contributed by atoms with E-state index in [1.54, 1.807) is 18.2 Å². The fraction of sp³-hybridized carbons (Fsp3) is 0.458. The molecule has 2 aliphatic heterocycles. The number of benzene rings is 2. The van der Waals surface area contributed by atoms with Crippen molar-refractivity contribution >= 4 is 15.9 Å². The second-order valence-electron chi connectivity index (χ2n) is 8.48. The Kier molecular flexibility index (Phi) is 6.71. The molecule has 1 N–H and O–H groups in total. The highest BCUT2D eigenvalue weighted by Gasteiger charge is 2.40. The number of para-hydroxylation sites is 1. The van der Waals surface area contributed by atoms with Gasteiger partial charge in [0.1, 0.15) is 11.0 Å².